The first-order chi connectivity index (χ1) is 9.35. The molecule has 2 N–H and O–H groups in total. The second kappa shape index (κ2) is 7.40. The first-order valence-corrected chi connectivity index (χ1v) is 7.32. The van der Waals surface area contributed by atoms with Gasteiger partial charge in [0.1, 0.15) is 6.04 Å². The summed E-state index contributed by atoms with van der Waals surface area (Å²) in [6.07, 6.45) is 0. The summed E-state index contributed by atoms with van der Waals surface area (Å²) >= 11 is 1.75. The van der Waals surface area contributed by atoms with Gasteiger partial charge < -0.3 is 15.4 Å². The molecule has 0 bridgehead atoms. The Balaban J connectivity index is 2.64. The van der Waals surface area contributed by atoms with E-state index >= 15 is 0 Å². The zero-order valence-electron chi connectivity index (χ0n) is 12.6. The Hall–Kier alpha value is -1.40. The highest BCUT2D eigenvalue weighted by Gasteiger charge is 2.21. The van der Waals surface area contributed by atoms with E-state index in [-0.39, 0.29) is 11.9 Å². The molecule has 0 radical (unpaired) electrons. The SMILES string of the molecule is COC(=O)C(CNC(C)c1cc(C)sc1C)NC(C)=O. The van der Waals surface area contributed by atoms with Crippen molar-refractivity contribution in [3.63, 3.8) is 0 Å². The van der Waals surface area contributed by atoms with Crippen molar-refractivity contribution in [3.05, 3.63) is 21.4 Å². The number of methoxy groups -OCH3 is 1. The number of hydrogen-bond acceptors (Lipinski definition) is 5. The molecule has 0 aromatic carbocycles. The van der Waals surface area contributed by atoms with Crippen LogP contribution in [0, 0.1) is 13.8 Å². The topological polar surface area (TPSA) is 67.4 Å². The minimum Gasteiger partial charge on any atom is -0.467 e. The summed E-state index contributed by atoms with van der Waals surface area (Å²) in [4.78, 5) is 25.2. The predicted molar refractivity (Wildman–Crippen MR) is 79.8 cm³/mol. The van der Waals surface area contributed by atoms with E-state index in [1.54, 1.807) is 11.3 Å². The number of aryl methyl sites for hydroxylation is 2. The number of hydrogen-bond donors (Lipinski definition) is 2. The number of carbonyl (C=O) groups is 2. The number of thiophene rings is 1. The van der Waals surface area contributed by atoms with Crippen molar-refractivity contribution >= 4 is 23.2 Å². The molecule has 1 aromatic heterocycles. The van der Waals surface area contributed by atoms with Gasteiger partial charge >= 0.3 is 5.97 Å². The molecule has 1 aromatic rings. The first-order valence-electron chi connectivity index (χ1n) is 6.50. The molecular weight excluding hydrogens is 276 g/mol. The fourth-order valence-electron chi connectivity index (χ4n) is 2.07. The van der Waals surface area contributed by atoms with E-state index < -0.39 is 12.0 Å². The predicted octanol–water partition coefficient (Wildman–Crippen LogP) is 1.69. The van der Waals surface area contributed by atoms with Crippen molar-refractivity contribution < 1.29 is 14.3 Å². The Morgan fingerprint density at radius 2 is 2.05 bits per heavy atom. The van der Waals surface area contributed by atoms with E-state index in [2.05, 4.69) is 35.3 Å². The Labute approximate surface area is 123 Å². The molecule has 2 atom stereocenters. The summed E-state index contributed by atoms with van der Waals surface area (Å²) in [7, 11) is 1.31. The minimum absolute atomic E-state index is 0.112. The highest BCUT2D eigenvalue weighted by molar-refractivity contribution is 7.12. The van der Waals surface area contributed by atoms with Gasteiger partial charge in [-0.3, -0.25) is 4.79 Å². The molecule has 0 spiro atoms. The Bertz CT molecular complexity index is 485. The second-order valence-electron chi connectivity index (χ2n) is 4.77. The van der Waals surface area contributed by atoms with Crippen molar-refractivity contribution in [2.75, 3.05) is 13.7 Å². The highest BCUT2D eigenvalue weighted by atomic mass is 32.1. The number of nitrogens with one attached hydrogen (secondary N) is 2. The quantitative estimate of drug-likeness (QED) is 0.784. The average molecular weight is 298 g/mol. The lowest BCUT2D eigenvalue weighted by atomic mass is 10.1. The van der Waals surface area contributed by atoms with Crippen LogP contribution in [0.3, 0.4) is 0 Å². The fourth-order valence-corrected chi connectivity index (χ4v) is 3.09. The van der Waals surface area contributed by atoms with Crippen LogP contribution >= 0.6 is 11.3 Å². The molecule has 0 saturated carbocycles. The molecule has 6 heteroatoms. The standard InChI is InChI=1S/C14H22N2O3S/c1-8-6-12(10(3)20-8)9(2)15-7-13(14(18)19-5)16-11(4)17/h6,9,13,15H,7H2,1-5H3,(H,16,17). The molecule has 5 nitrogen and oxygen atoms in total. The van der Waals surface area contributed by atoms with Crippen molar-refractivity contribution in [3.8, 4) is 0 Å². The zero-order valence-corrected chi connectivity index (χ0v) is 13.4. The van der Waals surface area contributed by atoms with Gasteiger partial charge in [-0.2, -0.15) is 0 Å². The molecule has 0 aliphatic carbocycles. The molecule has 2 unspecified atom stereocenters. The van der Waals surface area contributed by atoms with Gasteiger partial charge in [-0.1, -0.05) is 0 Å². The van der Waals surface area contributed by atoms with Gasteiger partial charge in [0.15, 0.2) is 0 Å². The van der Waals surface area contributed by atoms with Crippen molar-refractivity contribution in [2.24, 2.45) is 0 Å². The molecule has 0 aliphatic heterocycles. The van der Waals surface area contributed by atoms with E-state index in [4.69, 9.17) is 0 Å². The summed E-state index contributed by atoms with van der Waals surface area (Å²) in [5, 5.41) is 5.85. The van der Waals surface area contributed by atoms with Crippen molar-refractivity contribution in [1.29, 1.82) is 0 Å². The summed E-state index contributed by atoms with van der Waals surface area (Å²) in [5.74, 6) is -0.699. The van der Waals surface area contributed by atoms with Crippen LogP contribution in [0.5, 0.6) is 0 Å². The average Bonchev–Trinajstić information content (AvgIpc) is 2.71. The fraction of sp³-hybridized carbons (Fsp3) is 0.571. The number of esters is 1. The molecule has 1 heterocycles. The smallest absolute Gasteiger partial charge is 0.329 e. The van der Waals surface area contributed by atoms with Crippen molar-refractivity contribution in [2.45, 2.75) is 39.8 Å². The number of carbonyl (C=O) groups excluding carboxylic acids is 2. The van der Waals surface area contributed by atoms with Gasteiger partial charge in [-0.15, -0.1) is 11.3 Å². The lowest BCUT2D eigenvalue weighted by Gasteiger charge is -2.19. The van der Waals surface area contributed by atoms with Crippen LogP contribution in [-0.4, -0.2) is 31.6 Å². The van der Waals surface area contributed by atoms with Crippen molar-refractivity contribution in [1.82, 2.24) is 10.6 Å². The summed E-state index contributed by atoms with van der Waals surface area (Å²) < 4.78 is 4.69. The Morgan fingerprint density at radius 1 is 1.40 bits per heavy atom. The van der Waals surface area contributed by atoms with E-state index in [0.717, 1.165) is 0 Å². The first kappa shape index (κ1) is 16.7. The van der Waals surface area contributed by atoms with Crippen LogP contribution in [-0.2, 0) is 14.3 Å². The van der Waals surface area contributed by atoms with E-state index in [0.29, 0.717) is 6.54 Å². The lowest BCUT2D eigenvalue weighted by molar-refractivity contribution is -0.144. The van der Waals surface area contributed by atoms with Crippen LogP contribution in [0.1, 0.15) is 35.2 Å². The highest BCUT2D eigenvalue weighted by Crippen LogP contribution is 2.25. The Morgan fingerprint density at radius 3 is 2.50 bits per heavy atom. The van der Waals surface area contributed by atoms with Gasteiger partial charge in [-0.05, 0) is 32.4 Å². The van der Waals surface area contributed by atoms with Gasteiger partial charge in [0, 0.05) is 29.3 Å². The maximum Gasteiger partial charge on any atom is 0.329 e. The molecule has 112 valence electrons. The summed E-state index contributed by atoms with van der Waals surface area (Å²) in [5.41, 5.74) is 1.22. The number of ether oxygens (including phenoxy) is 1. The Kier molecular flexibility index (Phi) is 6.16. The monoisotopic (exact) mass is 298 g/mol. The molecule has 0 fully saturated rings. The molecule has 1 amide bonds. The summed E-state index contributed by atoms with van der Waals surface area (Å²) in [6, 6.07) is 1.59. The lowest BCUT2D eigenvalue weighted by Crippen LogP contribution is -2.47. The van der Waals surface area contributed by atoms with Crippen LogP contribution < -0.4 is 10.6 Å². The zero-order chi connectivity index (χ0) is 15.3. The third kappa shape index (κ3) is 4.61. The van der Waals surface area contributed by atoms with E-state index in [1.165, 1.54) is 29.4 Å². The molecular formula is C14H22N2O3S. The second-order valence-corrected chi connectivity index (χ2v) is 6.24. The van der Waals surface area contributed by atoms with Gasteiger partial charge in [0.2, 0.25) is 5.91 Å². The van der Waals surface area contributed by atoms with Gasteiger partial charge in [0.25, 0.3) is 0 Å². The minimum atomic E-state index is -0.667. The molecule has 0 aliphatic rings. The maximum absolute atomic E-state index is 11.6. The molecule has 1 rings (SSSR count). The van der Waals surface area contributed by atoms with E-state index in [1.807, 2.05) is 6.92 Å². The number of rotatable bonds is 6. The van der Waals surface area contributed by atoms with Crippen LogP contribution in [0.2, 0.25) is 0 Å². The number of amides is 1. The van der Waals surface area contributed by atoms with Crippen LogP contribution in [0.25, 0.3) is 0 Å². The maximum atomic E-state index is 11.6. The molecule has 20 heavy (non-hydrogen) atoms. The van der Waals surface area contributed by atoms with Gasteiger partial charge in [0.05, 0.1) is 7.11 Å². The van der Waals surface area contributed by atoms with Gasteiger partial charge in [-0.25, -0.2) is 4.79 Å². The third-order valence-corrected chi connectivity index (χ3v) is 4.02. The molecule has 0 saturated heterocycles. The van der Waals surface area contributed by atoms with Crippen LogP contribution in [0.15, 0.2) is 6.07 Å². The third-order valence-electron chi connectivity index (χ3n) is 3.04. The summed E-state index contributed by atoms with van der Waals surface area (Å²) in [6.45, 7) is 7.91. The normalized spacial score (nSPS) is 13.7. The van der Waals surface area contributed by atoms with Crippen LogP contribution in [0.4, 0.5) is 0 Å². The van der Waals surface area contributed by atoms with E-state index in [9.17, 15) is 9.59 Å². The largest absolute Gasteiger partial charge is 0.467 e.